The van der Waals surface area contributed by atoms with E-state index >= 15 is 0 Å². The molecule has 0 aliphatic heterocycles. The van der Waals surface area contributed by atoms with Gasteiger partial charge in [-0.3, -0.25) is 4.40 Å². The van der Waals surface area contributed by atoms with Gasteiger partial charge in [0.15, 0.2) is 0 Å². The van der Waals surface area contributed by atoms with Crippen molar-refractivity contribution in [3.8, 4) is 17.2 Å². The first-order valence-electron chi connectivity index (χ1n) is 11.0. The summed E-state index contributed by atoms with van der Waals surface area (Å²) < 4.78 is 2.28. The molecule has 0 aliphatic carbocycles. The zero-order chi connectivity index (χ0) is 21.9. The Morgan fingerprint density at radius 2 is 1.33 bits per heavy atom. The molecule has 0 aliphatic rings. The molecule has 0 atom stereocenters. The fraction of sp³-hybridized carbons (Fsp3) is 0. The summed E-state index contributed by atoms with van der Waals surface area (Å²) in [7, 11) is 0. The van der Waals surface area contributed by atoms with Gasteiger partial charge in [-0.15, -0.1) is 0 Å². The topological polar surface area (TPSA) is 41.1 Å². The van der Waals surface area contributed by atoms with Gasteiger partial charge in [-0.25, -0.2) is 4.98 Å². The number of hydrogen-bond donors (Lipinski definition) is 0. The SMILES string of the molecule is N#Cc1ccc2cc(-c3ccc4c(c3)c3ccccc3c3nc5ccccc5n43)ccc2c1. The summed E-state index contributed by atoms with van der Waals surface area (Å²) in [5.41, 5.74) is 7.28. The largest absolute Gasteiger partial charge is 0.292 e. The molecule has 3 nitrogen and oxygen atoms in total. The maximum absolute atomic E-state index is 9.19. The molecule has 33 heavy (non-hydrogen) atoms. The maximum Gasteiger partial charge on any atom is 0.146 e. The molecule has 0 unspecified atom stereocenters. The van der Waals surface area contributed by atoms with E-state index in [4.69, 9.17) is 4.98 Å². The highest BCUT2D eigenvalue weighted by molar-refractivity contribution is 6.14. The molecule has 0 spiro atoms. The summed E-state index contributed by atoms with van der Waals surface area (Å²) in [5.74, 6) is 0. The fourth-order valence-electron chi connectivity index (χ4n) is 4.98. The number of pyridine rings is 1. The average Bonchev–Trinajstić information content (AvgIpc) is 3.28. The van der Waals surface area contributed by atoms with Crippen molar-refractivity contribution in [2.45, 2.75) is 0 Å². The van der Waals surface area contributed by atoms with Crippen molar-refractivity contribution in [3.05, 3.63) is 109 Å². The Labute approximate surface area is 189 Å². The summed E-state index contributed by atoms with van der Waals surface area (Å²) in [6, 6.07) is 38.0. The molecule has 2 aromatic heterocycles. The van der Waals surface area contributed by atoms with Crippen LogP contribution >= 0.6 is 0 Å². The van der Waals surface area contributed by atoms with E-state index in [1.807, 2.05) is 24.3 Å². The van der Waals surface area contributed by atoms with Gasteiger partial charge in [0.05, 0.1) is 28.2 Å². The van der Waals surface area contributed by atoms with E-state index in [-0.39, 0.29) is 0 Å². The van der Waals surface area contributed by atoms with Gasteiger partial charge in [0.25, 0.3) is 0 Å². The van der Waals surface area contributed by atoms with Crippen molar-refractivity contribution in [2.75, 3.05) is 0 Å². The third kappa shape index (κ3) is 2.58. The molecule has 0 saturated heterocycles. The van der Waals surface area contributed by atoms with Gasteiger partial charge in [-0.1, -0.05) is 60.7 Å². The summed E-state index contributed by atoms with van der Waals surface area (Å²) in [4.78, 5) is 4.96. The zero-order valence-corrected chi connectivity index (χ0v) is 17.7. The normalized spacial score (nSPS) is 11.6. The Hall–Kier alpha value is -4.68. The number of fused-ring (bicyclic) bond motifs is 9. The lowest BCUT2D eigenvalue weighted by atomic mass is 9.97. The second-order valence-corrected chi connectivity index (χ2v) is 8.43. The highest BCUT2D eigenvalue weighted by Gasteiger charge is 2.14. The molecule has 7 rings (SSSR count). The third-order valence-corrected chi connectivity index (χ3v) is 6.56. The average molecular weight is 419 g/mol. The number of imidazole rings is 1. The van der Waals surface area contributed by atoms with Crippen LogP contribution in [0.3, 0.4) is 0 Å². The predicted octanol–water partition coefficient (Wildman–Crippen LogP) is 7.49. The molecule has 0 saturated carbocycles. The molecule has 3 heteroatoms. The Morgan fingerprint density at radius 1 is 0.606 bits per heavy atom. The van der Waals surface area contributed by atoms with Crippen LogP contribution in [0.5, 0.6) is 0 Å². The molecule has 0 radical (unpaired) electrons. The predicted molar refractivity (Wildman–Crippen MR) is 135 cm³/mol. The molecule has 0 fully saturated rings. The first-order chi connectivity index (χ1) is 16.3. The van der Waals surface area contributed by atoms with Gasteiger partial charge >= 0.3 is 0 Å². The number of benzene rings is 5. The smallest absolute Gasteiger partial charge is 0.146 e. The maximum atomic E-state index is 9.19. The Kier molecular flexibility index (Phi) is 3.62. The highest BCUT2D eigenvalue weighted by atomic mass is 15.0. The van der Waals surface area contributed by atoms with Gasteiger partial charge in [0, 0.05) is 10.8 Å². The molecule has 5 aromatic carbocycles. The van der Waals surface area contributed by atoms with Gasteiger partial charge in [-0.2, -0.15) is 5.26 Å². The number of aromatic nitrogens is 2. The summed E-state index contributed by atoms with van der Waals surface area (Å²) in [6.45, 7) is 0. The van der Waals surface area contributed by atoms with Gasteiger partial charge in [0.2, 0.25) is 0 Å². The molecule has 2 heterocycles. The lowest BCUT2D eigenvalue weighted by Gasteiger charge is -2.11. The number of nitrogens with zero attached hydrogens (tertiary/aromatic N) is 3. The number of rotatable bonds is 1. The molecule has 152 valence electrons. The van der Waals surface area contributed by atoms with Crippen LogP contribution in [0.15, 0.2) is 103 Å². The Bertz CT molecular complexity index is 1940. The van der Waals surface area contributed by atoms with Crippen molar-refractivity contribution in [1.82, 2.24) is 9.38 Å². The first kappa shape index (κ1) is 17.9. The minimum absolute atomic E-state index is 0.684. The molecule has 0 bridgehead atoms. The van der Waals surface area contributed by atoms with Crippen molar-refractivity contribution < 1.29 is 0 Å². The second kappa shape index (κ2) is 6.66. The highest BCUT2D eigenvalue weighted by Crippen LogP contribution is 2.35. The van der Waals surface area contributed by atoms with Crippen LogP contribution in [-0.4, -0.2) is 9.38 Å². The van der Waals surface area contributed by atoms with Crippen molar-refractivity contribution in [3.63, 3.8) is 0 Å². The quantitative estimate of drug-likeness (QED) is 0.259. The minimum Gasteiger partial charge on any atom is -0.292 e. The van der Waals surface area contributed by atoms with E-state index < -0.39 is 0 Å². The zero-order valence-electron chi connectivity index (χ0n) is 17.7. The van der Waals surface area contributed by atoms with E-state index in [2.05, 4.69) is 89.3 Å². The summed E-state index contributed by atoms with van der Waals surface area (Å²) in [5, 5.41) is 15.0. The van der Waals surface area contributed by atoms with Crippen LogP contribution in [0.4, 0.5) is 0 Å². The fourth-order valence-corrected chi connectivity index (χ4v) is 4.98. The van der Waals surface area contributed by atoms with Crippen LogP contribution in [0.25, 0.3) is 60.3 Å². The van der Waals surface area contributed by atoms with Gasteiger partial charge < -0.3 is 0 Å². The second-order valence-electron chi connectivity index (χ2n) is 8.43. The van der Waals surface area contributed by atoms with Crippen LogP contribution in [-0.2, 0) is 0 Å². The molecule has 7 aromatic rings. The molecular weight excluding hydrogens is 402 g/mol. The van der Waals surface area contributed by atoms with E-state index in [1.165, 1.54) is 16.3 Å². The number of hydrogen-bond acceptors (Lipinski definition) is 2. The van der Waals surface area contributed by atoms with Crippen molar-refractivity contribution in [1.29, 1.82) is 5.26 Å². The lowest BCUT2D eigenvalue weighted by molar-refractivity contribution is 1.31. The van der Waals surface area contributed by atoms with Crippen LogP contribution in [0.2, 0.25) is 0 Å². The van der Waals surface area contributed by atoms with Crippen molar-refractivity contribution >= 4 is 49.1 Å². The van der Waals surface area contributed by atoms with E-state index in [0.717, 1.165) is 43.9 Å². The van der Waals surface area contributed by atoms with E-state index in [0.29, 0.717) is 5.56 Å². The number of nitriles is 1. The molecule has 0 N–H and O–H groups in total. The Balaban J connectivity index is 1.55. The third-order valence-electron chi connectivity index (χ3n) is 6.56. The summed E-state index contributed by atoms with van der Waals surface area (Å²) in [6.07, 6.45) is 0. The Morgan fingerprint density at radius 3 is 2.24 bits per heavy atom. The lowest BCUT2D eigenvalue weighted by Crippen LogP contribution is -1.92. The van der Waals surface area contributed by atoms with Gasteiger partial charge in [0.1, 0.15) is 5.65 Å². The van der Waals surface area contributed by atoms with Crippen LogP contribution in [0.1, 0.15) is 5.56 Å². The van der Waals surface area contributed by atoms with Crippen molar-refractivity contribution in [2.24, 2.45) is 0 Å². The van der Waals surface area contributed by atoms with E-state index in [1.54, 1.807) is 0 Å². The minimum atomic E-state index is 0.684. The monoisotopic (exact) mass is 419 g/mol. The standard InChI is InChI=1S/C30H17N3/c31-18-19-9-10-21-16-22(12-11-20(21)15-19)23-13-14-28-26(17-23)24-5-1-2-6-25(24)30-32-27-7-3-4-8-29(27)33(28)30/h1-17H. The number of para-hydroxylation sites is 2. The van der Waals surface area contributed by atoms with E-state index in [9.17, 15) is 5.26 Å². The van der Waals surface area contributed by atoms with Crippen LogP contribution in [0, 0.1) is 11.3 Å². The first-order valence-corrected chi connectivity index (χ1v) is 11.0. The summed E-state index contributed by atoms with van der Waals surface area (Å²) >= 11 is 0. The van der Waals surface area contributed by atoms with Gasteiger partial charge in [-0.05, 0) is 69.8 Å². The molecule has 0 amide bonds. The van der Waals surface area contributed by atoms with Crippen LogP contribution < -0.4 is 0 Å². The molecular formula is C30H17N3.